The Morgan fingerprint density at radius 3 is 2.70 bits per heavy atom. The summed E-state index contributed by atoms with van der Waals surface area (Å²) in [6.07, 6.45) is 5.38. The van der Waals surface area contributed by atoms with Gasteiger partial charge in [-0.1, -0.05) is 31.9 Å². The highest BCUT2D eigenvalue weighted by Crippen LogP contribution is 2.26. The number of ether oxygens (including phenoxy) is 1. The van der Waals surface area contributed by atoms with E-state index in [0.29, 0.717) is 24.3 Å². The van der Waals surface area contributed by atoms with E-state index in [9.17, 15) is 14.4 Å². The van der Waals surface area contributed by atoms with E-state index in [4.69, 9.17) is 4.74 Å². The summed E-state index contributed by atoms with van der Waals surface area (Å²) in [6, 6.07) is 6.71. The molecule has 1 N–H and O–H groups in total. The van der Waals surface area contributed by atoms with Crippen molar-refractivity contribution in [2.24, 2.45) is 5.92 Å². The average Bonchev–Trinajstić information content (AvgIpc) is 2.98. The monoisotopic (exact) mass is 372 g/mol. The number of benzene rings is 1. The molecule has 1 aromatic carbocycles. The topological polar surface area (TPSA) is 75.7 Å². The smallest absolute Gasteiger partial charge is 0.247 e. The maximum Gasteiger partial charge on any atom is 0.247 e. The molecule has 1 aromatic rings. The van der Waals surface area contributed by atoms with Crippen LogP contribution in [0.2, 0.25) is 0 Å². The van der Waals surface area contributed by atoms with Gasteiger partial charge in [0.2, 0.25) is 17.7 Å². The first-order valence-corrected chi connectivity index (χ1v) is 9.80. The zero-order valence-corrected chi connectivity index (χ0v) is 16.1. The van der Waals surface area contributed by atoms with Crippen molar-refractivity contribution >= 4 is 23.4 Å². The normalized spacial score (nSPS) is 24.1. The van der Waals surface area contributed by atoms with Crippen molar-refractivity contribution in [1.82, 2.24) is 4.90 Å². The minimum Gasteiger partial charge on any atom is -0.374 e. The Balaban J connectivity index is 1.56. The lowest BCUT2D eigenvalue weighted by Gasteiger charge is -2.26. The fraction of sp³-hybridized carbons (Fsp3) is 0.571. The minimum absolute atomic E-state index is 0.184. The van der Waals surface area contributed by atoms with E-state index in [-0.39, 0.29) is 30.6 Å². The molecule has 6 nitrogen and oxygen atoms in total. The van der Waals surface area contributed by atoms with E-state index in [1.165, 1.54) is 12.8 Å². The Morgan fingerprint density at radius 2 is 2.00 bits per heavy atom. The van der Waals surface area contributed by atoms with Crippen LogP contribution in [0.15, 0.2) is 24.3 Å². The highest BCUT2D eigenvalue weighted by atomic mass is 16.5. The Bertz CT molecular complexity index is 702. The molecule has 2 fully saturated rings. The number of hydrogen-bond donors (Lipinski definition) is 1. The van der Waals surface area contributed by atoms with Crippen LogP contribution in [0, 0.1) is 5.92 Å². The first kappa shape index (κ1) is 19.5. The number of anilines is 1. The number of imide groups is 1. The van der Waals surface area contributed by atoms with Crippen molar-refractivity contribution in [1.29, 1.82) is 0 Å². The van der Waals surface area contributed by atoms with Gasteiger partial charge in [0.05, 0.1) is 12.7 Å². The molecule has 1 heterocycles. The molecule has 1 aliphatic carbocycles. The molecule has 0 radical (unpaired) electrons. The molecular formula is C21H28N2O4. The van der Waals surface area contributed by atoms with Gasteiger partial charge in [-0.15, -0.1) is 0 Å². The van der Waals surface area contributed by atoms with Gasteiger partial charge >= 0.3 is 0 Å². The van der Waals surface area contributed by atoms with Crippen molar-refractivity contribution in [3.05, 3.63) is 29.8 Å². The number of nitrogens with one attached hydrogen (secondary N) is 1. The van der Waals surface area contributed by atoms with Gasteiger partial charge in [0.15, 0.2) is 0 Å². The number of carbonyl (C=O) groups is 3. The average molecular weight is 372 g/mol. The fourth-order valence-electron chi connectivity index (χ4n) is 3.87. The first-order chi connectivity index (χ1) is 12.9. The summed E-state index contributed by atoms with van der Waals surface area (Å²) in [5, 5.41) is 2.80. The molecule has 27 heavy (non-hydrogen) atoms. The number of rotatable bonds is 6. The Morgan fingerprint density at radius 1 is 1.26 bits per heavy atom. The molecule has 3 amide bonds. The molecule has 146 valence electrons. The zero-order chi connectivity index (χ0) is 19.4. The number of nitrogens with zero attached hydrogens (tertiary/aromatic N) is 1. The summed E-state index contributed by atoms with van der Waals surface area (Å²) in [7, 11) is 0. The van der Waals surface area contributed by atoms with Gasteiger partial charge < -0.3 is 10.1 Å². The molecule has 0 bridgehead atoms. The predicted molar refractivity (Wildman–Crippen MR) is 102 cm³/mol. The van der Waals surface area contributed by atoms with Crippen LogP contribution in [0.4, 0.5) is 5.69 Å². The third-order valence-electron chi connectivity index (χ3n) is 5.43. The van der Waals surface area contributed by atoms with Gasteiger partial charge in [0.25, 0.3) is 0 Å². The maximum absolute atomic E-state index is 12.5. The number of carbonyl (C=O) groups excluding carboxylic acids is 3. The second-order valence-electron chi connectivity index (χ2n) is 7.73. The van der Waals surface area contributed by atoms with Gasteiger partial charge in [0.1, 0.15) is 6.04 Å². The lowest BCUT2D eigenvalue weighted by atomic mass is 9.89. The number of likely N-dealkylation sites (tertiary alicyclic amines) is 1. The van der Waals surface area contributed by atoms with Crippen molar-refractivity contribution < 1.29 is 19.1 Å². The van der Waals surface area contributed by atoms with E-state index in [1.807, 2.05) is 18.2 Å². The molecule has 2 aliphatic rings. The molecule has 1 saturated carbocycles. The number of hydrogen-bond acceptors (Lipinski definition) is 4. The Kier molecular flexibility index (Phi) is 6.26. The maximum atomic E-state index is 12.5. The van der Waals surface area contributed by atoms with Crippen LogP contribution in [0.25, 0.3) is 0 Å². The fourth-order valence-corrected chi connectivity index (χ4v) is 3.87. The van der Waals surface area contributed by atoms with Crippen molar-refractivity contribution in [3.63, 3.8) is 0 Å². The van der Waals surface area contributed by atoms with Crippen LogP contribution in [0.3, 0.4) is 0 Å². The Hall–Kier alpha value is -2.21. The van der Waals surface area contributed by atoms with Gasteiger partial charge in [-0.3, -0.25) is 19.3 Å². The summed E-state index contributed by atoms with van der Waals surface area (Å²) in [4.78, 5) is 37.1. The summed E-state index contributed by atoms with van der Waals surface area (Å²) < 4.78 is 6.05. The van der Waals surface area contributed by atoms with E-state index >= 15 is 0 Å². The van der Waals surface area contributed by atoms with Gasteiger partial charge in [0, 0.05) is 18.5 Å². The van der Waals surface area contributed by atoms with Crippen molar-refractivity contribution in [2.45, 2.75) is 71.1 Å². The molecule has 0 aromatic heterocycles. The third-order valence-corrected chi connectivity index (χ3v) is 5.43. The minimum atomic E-state index is -0.809. The van der Waals surface area contributed by atoms with Crippen LogP contribution in [-0.2, 0) is 25.7 Å². The van der Waals surface area contributed by atoms with Crippen LogP contribution < -0.4 is 5.32 Å². The zero-order valence-electron chi connectivity index (χ0n) is 16.1. The van der Waals surface area contributed by atoms with Gasteiger partial charge in [-0.2, -0.15) is 0 Å². The van der Waals surface area contributed by atoms with E-state index in [0.717, 1.165) is 23.3 Å². The third kappa shape index (κ3) is 4.95. The molecule has 1 aliphatic heterocycles. The largest absolute Gasteiger partial charge is 0.374 e. The van der Waals surface area contributed by atoms with Crippen LogP contribution in [-0.4, -0.2) is 34.8 Å². The van der Waals surface area contributed by atoms with Gasteiger partial charge in [-0.05, 0) is 43.4 Å². The molecular weight excluding hydrogens is 344 g/mol. The van der Waals surface area contributed by atoms with Crippen LogP contribution in [0.5, 0.6) is 0 Å². The Labute approximate surface area is 160 Å². The highest BCUT2D eigenvalue weighted by Gasteiger charge is 2.36. The van der Waals surface area contributed by atoms with Gasteiger partial charge in [-0.25, -0.2) is 0 Å². The summed E-state index contributed by atoms with van der Waals surface area (Å²) in [6.45, 7) is 4.36. The lowest BCUT2D eigenvalue weighted by molar-refractivity contribution is -0.144. The van der Waals surface area contributed by atoms with E-state index < -0.39 is 6.04 Å². The van der Waals surface area contributed by atoms with Crippen LogP contribution in [0.1, 0.15) is 57.9 Å². The lowest BCUT2D eigenvalue weighted by Crippen LogP contribution is -2.44. The molecule has 3 atom stereocenters. The molecule has 0 spiro atoms. The van der Waals surface area contributed by atoms with Crippen LogP contribution >= 0.6 is 0 Å². The second kappa shape index (κ2) is 8.65. The standard InChI is InChI=1S/C21H28N2O4/c1-14-5-3-8-18(11-14)27-13-16-6-4-7-17(12-16)22-21(26)15(2)23-19(24)9-10-20(23)25/h4,6-7,12,14-15,18H,3,5,8-11,13H2,1-2H3,(H,22,26)/t14-,15+,18+/m1/s1. The summed E-state index contributed by atoms with van der Waals surface area (Å²) in [5.74, 6) is -0.220. The van der Waals surface area contributed by atoms with Crippen molar-refractivity contribution in [2.75, 3.05) is 5.32 Å². The van der Waals surface area contributed by atoms with E-state index in [2.05, 4.69) is 12.2 Å². The number of amides is 3. The quantitative estimate of drug-likeness (QED) is 0.778. The van der Waals surface area contributed by atoms with Crippen molar-refractivity contribution in [3.8, 4) is 0 Å². The molecule has 1 saturated heterocycles. The molecule has 3 rings (SSSR count). The molecule has 0 unspecified atom stereocenters. The predicted octanol–water partition coefficient (Wildman–Crippen LogP) is 3.26. The van der Waals surface area contributed by atoms with E-state index in [1.54, 1.807) is 13.0 Å². The SMILES string of the molecule is C[C@@H]1CCC[C@H](OCc2cccc(NC(=O)[C@H](C)N3C(=O)CCC3=O)c2)C1. The summed E-state index contributed by atoms with van der Waals surface area (Å²) in [5.41, 5.74) is 1.64. The highest BCUT2D eigenvalue weighted by molar-refractivity contribution is 6.07. The second-order valence-corrected chi connectivity index (χ2v) is 7.73. The molecule has 6 heteroatoms. The summed E-state index contributed by atoms with van der Waals surface area (Å²) >= 11 is 0. The first-order valence-electron chi connectivity index (χ1n) is 9.80.